The van der Waals surface area contributed by atoms with Crippen LogP contribution in [-0.4, -0.2) is 32.6 Å². The fourth-order valence-corrected chi connectivity index (χ4v) is 3.07. The van der Waals surface area contributed by atoms with Crippen LogP contribution in [0.2, 0.25) is 0 Å². The van der Waals surface area contributed by atoms with Crippen LogP contribution in [0.1, 0.15) is 16.1 Å². The minimum atomic E-state index is -0.471. The van der Waals surface area contributed by atoms with E-state index in [9.17, 15) is 10.1 Å². The monoisotopic (exact) mass is 331 g/mol. The van der Waals surface area contributed by atoms with Gasteiger partial charge in [-0.25, -0.2) is 14.8 Å². The lowest BCUT2D eigenvalue weighted by molar-refractivity contribution is 0.0602. The molecule has 3 aromatic heterocycles. The number of H-pyrrole nitrogens is 1. The van der Waals surface area contributed by atoms with Crippen molar-refractivity contribution in [3.05, 3.63) is 47.8 Å². The molecule has 1 aromatic carbocycles. The summed E-state index contributed by atoms with van der Waals surface area (Å²) in [5, 5.41) is 10.5. The average molecular weight is 331 g/mol. The molecule has 25 heavy (non-hydrogen) atoms. The number of hydrogen-bond acceptors (Lipinski definition) is 5. The van der Waals surface area contributed by atoms with Gasteiger partial charge >= 0.3 is 5.97 Å². The lowest BCUT2D eigenvalue weighted by atomic mass is 10.1. The maximum absolute atomic E-state index is 12.0. The number of esters is 1. The van der Waals surface area contributed by atoms with E-state index in [2.05, 4.69) is 21.0 Å². The van der Waals surface area contributed by atoms with Crippen LogP contribution in [0.25, 0.3) is 33.5 Å². The third-order valence-corrected chi connectivity index (χ3v) is 4.25. The van der Waals surface area contributed by atoms with E-state index < -0.39 is 5.97 Å². The van der Waals surface area contributed by atoms with Gasteiger partial charge in [-0.05, 0) is 12.1 Å². The highest BCUT2D eigenvalue weighted by atomic mass is 16.5. The molecule has 0 saturated carbocycles. The van der Waals surface area contributed by atoms with Crippen molar-refractivity contribution in [2.75, 3.05) is 7.11 Å². The molecule has 7 nitrogen and oxygen atoms in total. The van der Waals surface area contributed by atoms with Crippen LogP contribution in [-0.2, 0) is 11.8 Å². The van der Waals surface area contributed by atoms with Gasteiger partial charge in [0, 0.05) is 24.1 Å². The number of ether oxygens (including phenoxy) is 1. The Morgan fingerprint density at radius 3 is 2.88 bits per heavy atom. The molecule has 0 bridgehead atoms. The Morgan fingerprint density at radius 1 is 1.32 bits per heavy atom. The molecule has 3 heterocycles. The Morgan fingerprint density at radius 2 is 2.12 bits per heavy atom. The van der Waals surface area contributed by atoms with Crippen molar-refractivity contribution in [2.45, 2.75) is 0 Å². The van der Waals surface area contributed by atoms with E-state index in [1.165, 1.54) is 13.3 Å². The normalized spacial score (nSPS) is 10.9. The molecule has 0 spiro atoms. The summed E-state index contributed by atoms with van der Waals surface area (Å²) in [6, 6.07) is 11.5. The summed E-state index contributed by atoms with van der Waals surface area (Å²) in [6.45, 7) is 0. The second-order valence-corrected chi connectivity index (χ2v) is 5.55. The lowest BCUT2D eigenvalue weighted by Crippen LogP contribution is -2.02. The third kappa shape index (κ3) is 2.08. The Kier molecular flexibility index (Phi) is 3.25. The van der Waals surface area contributed by atoms with Crippen molar-refractivity contribution in [3.8, 4) is 17.5 Å². The van der Waals surface area contributed by atoms with Crippen LogP contribution < -0.4 is 0 Å². The number of imidazole rings is 1. The quantitative estimate of drug-likeness (QED) is 0.570. The van der Waals surface area contributed by atoms with Crippen molar-refractivity contribution in [1.29, 1.82) is 5.26 Å². The van der Waals surface area contributed by atoms with Crippen LogP contribution in [0.3, 0.4) is 0 Å². The Labute approximate surface area is 142 Å². The lowest BCUT2D eigenvalue weighted by Gasteiger charge is -1.99. The van der Waals surface area contributed by atoms with Crippen LogP contribution in [0.5, 0.6) is 0 Å². The molecule has 4 rings (SSSR count). The van der Waals surface area contributed by atoms with E-state index in [4.69, 9.17) is 4.74 Å². The molecule has 0 saturated heterocycles. The van der Waals surface area contributed by atoms with Gasteiger partial charge in [0.25, 0.3) is 0 Å². The van der Waals surface area contributed by atoms with E-state index >= 15 is 0 Å². The number of fused-ring (bicyclic) bond motifs is 2. The maximum Gasteiger partial charge on any atom is 0.340 e. The first-order valence-electron chi connectivity index (χ1n) is 7.56. The van der Waals surface area contributed by atoms with Gasteiger partial charge in [-0.3, -0.25) is 0 Å². The maximum atomic E-state index is 12.0. The average Bonchev–Trinajstić information content (AvgIpc) is 3.19. The highest BCUT2D eigenvalue weighted by molar-refractivity contribution is 6.03. The topological polar surface area (TPSA) is 96.6 Å². The van der Waals surface area contributed by atoms with E-state index in [0.29, 0.717) is 33.8 Å². The summed E-state index contributed by atoms with van der Waals surface area (Å²) in [5.74, 6) is 0.0215. The summed E-state index contributed by atoms with van der Waals surface area (Å²) in [5.41, 5.74) is 3.34. The first-order valence-corrected chi connectivity index (χ1v) is 7.56. The second kappa shape index (κ2) is 5.46. The number of aromatic nitrogens is 4. The summed E-state index contributed by atoms with van der Waals surface area (Å²) in [7, 11) is 3.16. The predicted molar refractivity (Wildman–Crippen MR) is 91.9 cm³/mol. The molecule has 0 amide bonds. The van der Waals surface area contributed by atoms with Gasteiger partial charge in [-0.1, -0.05) is 18.2 Å². The molecule has 122 valence electrons. The van der Waals surface area contributed by atoms with Gasteiger partial charge in [0.15, 0.2) is 5.65 Å². The summed E-state index contributed by atoms with van der Waals surface area (Å²) in [4.78, 5) is 23.8. The zero-order valence-corrected chi connectivity index (χ0v) is 13.6. The molecule has 0 atom stereocenters. The number of benzene rings is 1. The zero-order chi connectivity index (χ0) is 17.6. The minimum Gasteiger partial charge on any atom is -0.465 e. The smallest absolute Gasteiger partial charge is 0.340 e. The Bertz CT molecular complexity index is 1180. The van der Waals surface area contributed by atoms with E-state index in [1.54, 1.807) is 6.07 Å². The van der Waals surface area contributed by atoms with Crippen molar-refractivity contribution in [2.24, 2.45) is 7.05 Å². The van der Waals surface area contributed by atoms with Crippen molar-refractivity contribution < 1.29 is 9.53 Å². The molecule has 4 aromatic rings. The first-order chi connectivity index (χ1) is 12.2. The van der Waals surface area contributed by atoms with E-state index in [-0.39, 0.29) is 0 Å². The molecular formula is C18H13N5O2. The number of nitriles is 1. The Hall–Kier alpha value is -3.66. The van der Waals surface area contributed by atoms with Gasteiger partial charge in [0.05, 0.1) is 23.8 Å². The molecule has 0 aliphatic rings. The fourth-order valence-electron chi connectivity index (χ4n) is 3.07. The number of carbonyl (C=O) groups is 1. The largest absolute Gasteiger partial charge is 0.465 e. The molecular weight excluding hydrogens is 318 g/mol. The van der Waals surface area contributed by atoms with Gasteiger partial charge < -0.3 is 14.3 Å². The molecule has 0 fully saturated rings. The third-order valence-electron chi connectivity index (χ3n) is 4.25. The van der Waals surface area contributed by atoms with Crippen LogP contribution in [0.15, 0.2) is 36.5 Å². The van der Waals surface area contributed by atoms with E-state index in [0.717, 1.165) is 10.9 Å². The highest BCUT2D eigenvalue weighted by Gasteiger charge is 2.21. The molecule has 0 unspecified atom stereocenters. The number of nitrogens with one attached hydrogen (secondary N) is 1. The highest BCUT2D eigenvalue weighted by Crippen LogP contribution is 2.33. The standard InChI is InChI=1S/C18H13N5O2/c1-23-12-6-4-3-5-10(12)14(13(23)9-19)16-21-15-11(18(24)25-2)7-8-20-17(15)22-16/h3-8H,1-2H3,(H,20,21,22). The number of pyridine rings is 1. The van der Waals surface area contributed by atoms with Crippen molar-refractivity contribution in [3.63, 3.8) is 0 Å². The number of carbonyl (C=O) groups excluding carboxylic acids is 1. The van der Waals surface area contributed by atoms with Gasteiger partial charge in [0.1, 0.15) is 17.6 Å². The molecule has 0 radical (unpaired) electrons. The summed E-state index contributed by atoms with van der Waals surface area (Å²) >= 11 is 0. The van der Waals surface area contributed by atoms with Crippen molar-refractivity contribution in [1.82, 2.24) is 19.5 Å². The number of aromatic amines is 1. The molecule has 0 aliphatic heterocycles. The number of rotatable bonds is 2. The van der Waals surface area contributed by atoms with Gasteiger partial charge in [-0.15, -0.1) is 0 Å². The van der Waals surface area contributed by atoms with Crippen LogP contribution in [0.4, 0.5) is 0 Å². The minimum absolute atomic E-state index is 0.352. The van der Waals surface area contributed by atoms with Crippen LogP contribution >= 0.6 is 0 Å². The SMILES string of the molecule is COC(=O)c1ccnc2nc(-c3c(C#N)n(C)c4ccccc34)[nH]c12. The van der Waals surface area contributed by atoms with Crippen LogP contribution in [0, 0.1) is 11.3 Å². The fraction of sp³-hybridized carbons (Fsp3) is 0.111. The number of methoxy groups -OCH3 is 1. The zero-order valence-electron chi connectivity index (χ0n) is 13.6. The molecule has 1 N–H and O–H groups in total. The van der Waals surface area contributed by atoms with Gasteiger partial charge in [0.2, 0.25) is 0 Å². The summed E-state index contributed by atoms with van der Waals surface area (Å²) < 4.78 is 6.63. The van der Waals surface area contributed by atoms with Gasteiger partial charge in [-0.2, -0.15) is 5.26 Å². The van der Waals surface area contributed by atoms with Crippen molar-refractivity contribution >= 4 is 28.0 Å². The number of para-hydroxylation sites is 1. The number of nitrogens with zero attached hydrogens (tertiary/aromatic N) is 4. The molecule has 7 heteroatoms. The predicted octanol–water partition coefficient (Wildman–Crippen LogP) is 2.77. The number of hydrogen-bond donors (Lipinski definition) is 1. The Balaban J connectivity index is 2.05. The molecule has 0 aliphatic carbocycles. The second-order valence-electron chi connectivity index (χ2n) is 5.55. The number of aryl methyl sites for hydroxylation is 1. The van der Waals surface area contributed by atoms with E-state index in [1.807, 2.05) is 35.9 Å². The summed E-state index contributed by atoms with van der Waals surface area (Å²) in [6.07, 6.45) is 1.51. The first kappa shape index (κ1) is 14.9.